The quantitative estimate of drug-likeness (QED) is 0.280. The second-order valence-corrected chi connectivity index (χ2v) is 10.5. The molecule has 1 atom stereocenters. The summed E-state index contributed by atoms with van der Waals surface area (Å²) in [6, 6.07) is 7.12. The van der Waals surface area contributed by atoms with Crippen LogP contribution in [-0.2, 0) is 33.3 Å². The number of aromatic nitrogens is 1. The van der Waals surface area contributed by atoms with Gasteiger partial charge in [-0.3, -0.25) is 13.5 Å². The molecule has 0 amide bonds. The van der Waals surface area contributed by atoms with Crippen LogP contribution in [0.5, 0.6) is 0 Å². The maximum absolute atomic E-state index is 13.7. The Bertz CT molecular complexity index is 1080. The third-order valence-corrected chi connectivity index (χ3v) is 7.71. The molecule has 0 aliphatic carbocycles. The summed E-state index contributed by atoms with van der Waals surface area (Å²) in [7, 11) is -0.954. The molecule has 0 spiro atoms. The molecule has 1 aromatic carbocycles. The number of nitrogens with zero attached hydrogens (tertiary/aromatic N) is 5. The summed E-state index contributed by atoms with van der Waals surface area (Å²) in [6.45, 7) is 3.12. The van der Waals surface area contributed by atoms with Crippen LogP contribution < -0.4 is 4.31 Å². The van der Waals surface area contributed by atoms with Crippen LogP contribution >= 0.6 is 11.6 Å². The Morgan fingerprint density at radius 3 is 2.65 bits per heavy atom. The smallest absolute Gasteiger partial charge is 0.272 e. The van der Waals surface area contributed by atoms with E-state index in [0.717, 1.165) is 0 Å². The van der Waals surface area contributed by atoms with Crippen LogP contribution in [0.2, 0.25) is 5.02 Å². The van der Waals surface area contributed by atoms with Gasteiger partial charge in [-0.2, -0.15) is 5.10 Å². The van der Waals surface area contributed by atoms with E-state index in [-0.39, 0.29) is 17.5 Å². The Kier molecular flexibility index (Phi) is 9.56. The minimum absolute atomic E-state index is 0.0541. The number of hydrogen-bond acceptors (Lipinski definition) is 6. The summed E-state index contributed by atoms with van der Waals surface area (Å²) in [5.41, 5.74) is 1.17. The topological polar surface area (TPSA) is 87.5 Å². The number of anilines is 1. The molecule has 1 aliphatic rings. The number of rotatable bonds is 9. The molecule has 0 saturated carbocycles. The van der Waals surface area contributed by atoms with Crippen LogP contribution in [-0.4, -0.2) is 67.9 Å². The van der Waals surface area contributed by atoms with Crippen molar-refractivity contribution in [2.45, 2.75) is 13.0 Å². The van der Waals surface area contributed by atoms with Crippen molar-refractivity contribution in [3.63, 3.8) is 0 Å². The van der Waals surface area contributed by atoms with Gasteiger partial charge in [0, 0.05) is 48.3 Å². The molecule has 1 aromatic heterocycles. The van der Waals surface area contributed by atoms with Gasteiger partial charge in [0.1, 0.15) is 5.82 Å². The maximum Gasteiger partial charge on any atom is 0.272 e. The number of halogens is 4. The zero-order chi connectivity index (χ0) is 24.7. The zero-order valence-electron chi connectivity index (χ0n) is 17.8. The van der Waals surface area contributed by atoms with E-state index in [4.69, 9.17) is 16.3 Å². The predicted octanol–water partition coefficient (Wildman–Crippen LogP) is 3.17. The largest absolute Gasteiger partial charge is 0.470 e. The van der Waals surface area contributed by atoms with Gasteiger partial charge in [-0.1, -0.05) is 11.6 Å². The molecule has 184 valence electrons. The fraction of sp³-hybridized carbons (Fsp3) is 0.350. The van der Waals surface area contributed by atoms with E-state index in [1.807, 2.05) is 0 Å². The van der Waals surface area contributed by atoms with Crippen molar-refractivity contribution in [2.24, 2.45) is 10.2 Å². The first-order valence-corrected chi connectivity index (χ1v) is 12.9. The van der Waals surface area contributed by atoms with Gasteiger partial charge in [0.25, 0.3) is 6.43 Å². The third kappa shape index (κ3) is 7.08. The molecule has 1 aliphatic heterocycles. The molecule has 0 radical (unpaired) electrons. The van der Waals surface area contributed by atoms with Crippen molar-refractivity contribution in [3.05, 3.63) is 58.6 Å². The fourth-order valence-electron chi connectivity index (χ4n) is 2.96. The lowest BCUT2D eigenvalue weighted by Gasteiger charge is -2.32. The average molecular weight is 536 g/mol. The second-order valence-electron chi connectivity index (χ2n) is 6.93. The van der Waals surface area contributed by atoms with Crippen LogP contribution in [0.15, 0.2) is 46.7 Å². The molecule has 2 heterocycles. The van der Waals surface area contributed by atoms with Crippen LogP contribution in [0.1, 0.15) is 11.3 Å². The maximum atomic E-state index is 13.7. The van der Waals surface area contributed by atoms with Gasteiger partial charge < -0.3 is 4.74 Å². The first kappa shape index (κ1) is 26.3. The Morgan fingerprint density at radius 2 is 2.06 bits per heavy atom. The van der Waals surface area contributed by atoms with Crippen molar-refractivity contribution < 1.29 is 26.3 Å². The Balaban J connectivity index is 1.84. The molecule has 14 heteroatoms. The van der Waals surface area contributed by atoms with Crippen molar-refractivity contribution in [3.8, 4) is 0 Å². The number of ether oxygens (including phenoxy) is 1. The van der Waals surface area contributed by atoms with Gasteiger partial charge in [0.05, 0.1) is 28.5 Å². The molecule has 1 fully saturated rings. The summed E-state index contributed by atoms with van der Waals surface area (Å²) in [6.07, 6.45) is -1.34. The zero-order valence-corrected chi connectivity index (χ0v) is 20.2. The lowest BCUT2D eigenvalue weighted by molar-refractivity contribution is 0.0765. The Morgan fingerprint density at radius 1 is 1.32 bits per heavy atom. The van der Waals surface area contributed by atoms with Crippen molar-refractivity contribution in [1.82, 2.24) is 9.29 Å². The monoisotopic (exact) mass is 535 g/mol. The summed E-state index contributed by atoms with van der Waals surface area (Å²) in [4.78, 5) is 4.29. The standard InChI is InChI=1S/C20H21ClF3N5O3S2/c1-25-27-20(32-13-19(23)24)14-2-3-15(26-11-14)12-29(16-4-5-18(22)17(21)10-16)34(31)28-6-8-33(30)9-7-28/h2-5,10-11,19H,1,6-9,12-13H2/b27-20-. The number of benzene rings is 1. The summed E-state index contributed by atoms with van der Waals surface area (Å²) in [5.74, 6) is 0.0173. The number of pyridine rings is 1. The first-order chi connectivity index (χ1) is 16.3. The van der Waals surface area contributed by atoms with E-state index in [1.54, 1.807) is 16.4 Å². The molecule has 1 unspecified atom stereocenters. The second kappa shape index (κ2) is 12.4. The Labute approximate surface area is 204 Å². The molecular formula is C20H21ClF3N5O3S2. The van der Waals surface area contributed by atoms with E-state index in [1.165, 1.54) is 28.7 Å². The van der Waals surface area contributed by atoms with Crippen LogP contribution in [0.3, 0.4) is 0 Å². The lowest BCUT2D eigenvalue weighted by atomic mass is 10.2. The third-order valence-electron chi connectivity index (χ3n) is 4.62. The van der Waals surface area contributed by atoms with Gasteiger partial charge in [-0.05, 0) is 30.3 Å². The SMILES string of the molecule is C=N/N=C(\OCC(F)F)c1ccc(CN(c2ccc(F)c(Cl)c2)S(=O)N2CCS(=O)CC2)nc1. The van der Waals surface area contributed by atoms with Gasteiger partial charge in [0.15, 0.2) is 17.8 Å². The fourth-order valence-corrected chi connectivity index (χ4v) is 5.73. The van der Waals surface area contributed by atoms with Crippen LogP contribution in [0.25, 0.3) is 0 Å². The molecule has 2 aromatic rings. The molecule has 34 heavy (non-hydrogen) atoms. The highest BCUT2D eigenvalue weighted by atomic mass is 35.5. The minimum atomic E-state index is -2.69. The predicted molar refractivity (Wildman–Crippen MR) is 127 cm³/mol. The van der Waals surface area contributed by atoms with E-state index in [9.17, 15) is 21.6 Å². The highest BCUT2D eigenvalue weighted by Gasteiger charge is 2.26. The molecule has 1 saturated heterocycles. The normalized spacial score (nSPS) is 16.4. The van der Waals surface area contributed by atoms with Gasteiger partial charge in [0.2, 0.25) is 5.90 Å². The summed E-state index contributed by atoms with van der Waals surface area (Å²) < 4.78 is 71.9. The molecule has 0 bridgehead atoms. The van der Waals surface area contributed by atoms with Crippen molar-refractivity contribution in [1.29, 1.82) is 0 Å². The molecular weight excluding hydrogens is 515 g/mol. The van der Waals surface area contributed by atoms with E-state index in [0.29, 0.717) is 41.5 Å². The molecule has 3 rings (SSSR count). The van der Waals surface area contributed by atoms with Gasteiger partial charge in [-0.25, -0.2) is 21.7 Å². The lowest BCUT2D eigenvalue weighted by Crippen LogP contribution is -2.45. The van der Waals surface area contributed by atoms with Crippen molar-refractivity contribution >= 4 is 51.9 Å². The molecule has 8 nitrogen and oxygen atoms in total. The summed E-state index contributed by atoms with van der Waals surface area (Å²) in [5, 5.41) is 6.80. The first-order valence-electron chi connectivity index (χ1n) is 9.93. The van der Waals surface area contributed by atoms with Gasteiger partial charge >= 0.3 is 0 Å². The average Bonchev–Trinajstić information content (AvgIpc) is 2.82. The molecule has 0 N–H and O–H groups in total. The van der Waals surface area contributed by atoms with E-state index >= 15 is 0 Å². The highest BCUT2D eigenvalue weighted by molar-refractivity contribution is 7.86. The number of hydrogen-bond donors (Lipinski definition) is 0. The summed E-state index contributed by atoms with van der Waals surface area (Å²) >= 11 is 4.25. The minimum Gasteiger partial charge on any atom is -0.470 e. The highest BCUT2D eigenvalue weighted by Crippen LogP contribution is 2.26. The van der Waals surface area contributed by atoms with E-state index < -0.39 is 40.8 Å². The number of alkyl halides is 2. The van der Waals surface area contributed by atoms with Crippen LogP contribution in [0.4, 0.5) is 18.9 Å². The van der Waals surface area contributed by atoms with Crippen molar-refractivity contribution in [2.75, 3.05) is 35.5 Å². The van der Waals surface area contributed by atoms with Crippen LogP contribution in [0, 0.1) is 5.82 Å². The Hall–Kier alpha value is -2.35. The van der Waals surface area contributed by atoms with E-state index in [2.05, 4.69) is 21.9 Å². The van der Waals surface area contributed by atoms with Gasteiger partial charge in [-0.15, -0.1) is 5.10 Å².